The highest BCUT2D eigenvalue weighted by Crippen LogP contribution is 2.33. The van der Waals surface area contributed by atoms with Crippen LogP contribution in [0.4, 0.5) is 14.6 Å². The second kappa shape index (κ2) is 7.98. The van der Waals surface area contributed by atoms with Crippen LogP contribution >= 0.6 is 0 Å². The molecule has 0 radical (unpaired) electrons. The van der Waals surface area contributed by atoms with Gasteiger partial charge in [-0.15, -0.1) is 0 Å². The fourth-order valence-corrected chi connectivity index (χ4v) is 4.16. The number of nitrogens with two attached hydrogens (primary N) is 1. The molecule has 4 aromatic heterocycles. The number of halogens is 2. The lowest BCUT2D eigenvalue weighted by Gasteiger charge is -2.09. The molecule has 4 heterocycles. The summed E-state index contributed by atoms with van der Waals surface area (Å²) in [6, 6.07) is 10.8. The second-order valence-corrected chi connectivity index (χ2v) is 8.07. The fraction of sp³-hybridized carbons (Fsp3) is 0.0417. The molecule has 178 valence electrons. The molecule has 0 spiro atoms. The number of hydrogen-bond acceptors (Lipinski definition) is 8. The molecule has 0 bridgehead atoms. The topological polar surface area (TPSA) is 140 Å². The van der Waals surface area contributed by atoms with E-state index in [1.165, 1.54) is 35.3 Å². The average molecular weight is 486 g/mol. The van der Waals surface area contributed by atoms with Crippen LogP contribution in [0.1, 0.15) is 5.82 Å². The van der Waals surface area contributed by atoms with Gasteiger partial charge in [-0.05, 0) is 36.4 Å². The number of aromatic nitrogens is 7. The quantitative estimate of drug-likeness (QED) is 0.344. The summed E-state index contributed by atoms with van der Waals surface area (Å²) in [5, 5.41) is 29.2. The van der Waals surface area contributed by atoms with Crippen molar-refractivity contribution in [1.29, 1.82) is 0 Å². The van der Waals surface area contributed by atoms with Crippen molar-refractivity contribution in [3.8, 4) is 34.0 Å². The average Bonchev–Trinajstić information content (AvgIpc) is 3.43. The summed E-state index contributed by atoms with van der Waals surface area (Å²) < 4.78 is 31.1. The van der Waals surface area contributed by atoms with Crippen molar-refractivity contribution in [1.82, 2.24) is 34.3 Å². The van der Waals surface area contributed by atoms with Gasteiger partial charge in [-0.3, -0.25) is 0 Å². The number of phenolic OH excluding ortho intramolecular Hbond substituents is 2. The number of nitrogen functional groups attached to an aromatic ring is 1. The smallest absolute Gasteiger partial charge is 0.171 e. The van der Waals surface area contributed by atoms with Gasteiger partial charge >= 0.3 is 0 Å². The predicted octanol–water partition coefficient (Wildman–Crippen LogP) is 3.52. The van der Waals surface area contributed by atoms with E-state index < -0.39 is 11.6 Å². The Hall–Kier alpha value is -5.13. The minimum absolute atomic E-state index is 0.0245. The summed E-state index contributed by atoms with van der Waals surface area (Å²) in [5.74, 6) is -1.33. The van der Waals surface area contributed by atoms with Gasteiger partial charge in [-0.2, -0.15) is 10.2 Å². The number of rotatable bonds is 4. The zero-order valence-corrected chi connectivity index (χ0v) is 18.3. The first-order valence-electron chi connectivity index (χ1n) is 10.7. The Morgan fingerprint density at radius 2 is 1.56 bits per heavy atom. The number of fused-ring (bicyclic) bond motifs is 2. The first-order chi connectivity index (χ1) is 17.4. The minimum Gasteiger partial charge on any atom is -0.508 e. The molecule has 0 aliphatic heterocycles. The van der Waals surface area contributed by atoms with E-state index in [9.17, 15) is 19.0 Å². The number of nitrogens with zero attached hydrogens (tertiary/aromatic N) is 7. The van der Waals surface area contributed by atoms with E-state index in [1.807, 2.05) is 0 Å². The van der Waals surface area contributed by atoms with Crippen LogP contribution in [-0.4, -0.2) is 44.6 Å². The SMILES string of the molecule is Nc1ncnc2c1c(-c1cc(O)cc(F)c1)nn2Cc1nc(-c2cc(O)cc(F)c2)c2cccn2n1. The maximum Gasteiger partial charge on any atom is 0.171 e. The molecule has 10 nitrogen and oxygen atoms in total. The Kier molecular flexibility index (Phi) is 4.74. The van der Waals surface area contributed by atoms with Crippen LogP contribution in [0.15, 0.2) is 61.1 Å². The molecular formula is C24H16F2N8O2. The maximum absolute atomic E-state index is 14.0. The van der Waals surface area contributed by atoms with Crippen molar-refractivity contribution in [3.63, 3.8) is 0 Å². The molecule has 12 heteroatoms. The number of benzene rings is 2. The van der Waals surface area contributed by atoms with Gasteiger partial charge in [-0.25, -0.2) is 32.9 Å². The largest absolute Gasteiger partial charge is 0.508 e. The van der Waals surface area contributed by atoms with Crippen molar-refractivity contribution >= 4 is 22.4 Å². The van der Waals surface area contributed by atoms with Gasteiger partial charge in [-0.1, -0.05) is 0 Å². The van der Waals surface area contributed by atoms with Crippen LogP contribution in [0.3, 0.4) is 0 Å². The van der Waals surface area contributed by atoms with E-state index in [4.69, 9.17) is 5.73 Å². The van der Waals surface area contributed by atoms with Crippen molar-refractivity contribution in [2.75, 3.05) is 5.73 Å². The van der Waals surface area contributed by atoms with Crippen molar-refractivity contribution in [2.24, 2.45) is 0 Å². The maximum atomic E-state index is 14.0. The number of phenols is 2. The van der Waals surface area contributed by atoms with E-state index in [2.05, 4.69) is 25.1 Å². The van der Waals surface area contributed by atoms with Crippen LogP contribution in [-0.2, 0) is 6.54 Å². The fourth-order valence-electron chi connectivity index (χ4n) is 4.16. The monoisotopic (exact) mass is 486 g/mol. The molecule has 0 aliphatic rings. The summed E-state index contributed by atoms with van der Waals surface area (Å²) in [4.78, 5) is 12.9. The van der Waals surface area contributed by atoms with E-state index in [0.717, 1.165) is 12.1 Å². The van der Waals surface area contributed by atoms with Crippen molar-refractivity contribution in [3.05, 3.63) is 78.5 Å². The van der Waals surface area contributed by atoms with Crippen molar-refractivity contribution < 1.29 is 19.0 Å². The van der Waals surface area contributed by atoms with E-state index in [-0.39, 0.29) is 35.1 Å². The van der Waals surface area contributed by atoms with Crippen LogP contribution in [0.2, 0.25) is 0 Å². The summed E-state index contributed by atoms with van der Waals surface area (Å²) >= 11 is 0. The normalized spacial score (nSPS) is 11.5. The number of hydrogen-bond donors (Lipinski definition) is 3. The molecule has 0 amide bonds. The second-order valence-electron chi connectivity index (χ2n) is 8.07. The van der Waals surface area contributed by atoms with Gasteiger partial charge in [0.1, 0.15) is 47.5 Å². The first kappa shape index (κ1) is 21.4. The highest BCUT2D eigenvalue weighted by Gasteiger charge is 2.20. The van der Waals surface area contributed by atoms with E-state index in [1.54, 1.807) is 22.8 Å². The molecule has 0 atom stereocenters. The Morgan fingerprint density at radius 1 is 0.861 bits per heavy atom. The predicted molar refractivity (Wildman–Crippen MR) is 126 cm³/mol. The molecule has 6 rings (SSSR count). The summed E-state index contributed by atoms with van der Waals surface area (Å²) in [6.45, 7) is 0.0245. The van der Waals surface area contributed by atoms with Crippen LogP contribution in [0.25, 0.3) is 39.1 Å². The molecule has 6 aromatic rings. The van der Waals surface area contributed by atoms with Gasteiger partial charge < -0.3 is 15.9 Å². The Morgan fingerprint density at radius 3 is 2.25 bits per heavy atom. The lowest BCUT2D eigenvalue weighted by Crippen LogP contribution is -2.10. The number of aromatic hydroxyl groups is 2. The molecule has 0 unspecified atom stereocenters. The Balaban J connectivity index is 1.52. The van der Waals surface area contributed by atoms with Crippen LogP contribution in [0.5, 0.6) is 11.5 Å². The Bertz CT molecular complexity index is 1760. The van der Waals surface area contributed by atoms with Gasteiger partial charge in [0.2, 0.25) is 0 Å². The molecular weight excluding hydrogens is 470 g/mol. The summed E-state index contributed by atoms with van der Waals surface area (Å²) in [6.07, 6.45) is 2.99. The van der Waals surface area contributed by atoms with Gasteiger partial charge in [0.25, 0.3) is 0 Å². The van der Waals surface area contributed by atoms with Crippen LogP contribution < -0.4 is 5.73 Å². The van der Waals surface area contributed by atoms with Gasteiger partial charge in [0, 0.05) is 29.5 Å². The highest BCUT2D eigenvalue weighted by atomic mass is 19.1. The van der Waals surface area contributed by atoms with Gasteiger partial charge in [0.05, 0.1) is 16.6 Å². The molecule has 2 aromatic carbocycles. The molecule has 36 heavy (non-hydrogen) atoms. The molecule has 0 fully saturated rings. The lowest BCUT2D eigenvalue weighted by atomic mass is 10.1. The summed E-state index contributed by atoms with van der Waals surface area (Å²) in [5.41, 5.74) is 8.40. The first-order valence-corrected chi connectivity index (χ1v) is 10.7. The zero-order chi connectivity index (χ0) is 25.0. The highest BCUT2D eigenvalue weighted by molar-refractivity contribution is 5.98. The van der Waals surface area contributed by atoms with Crippen LogP contribution in [0, 0.1) is 11.6 Å². The third-order valence-electron chi connectivity index (χ3n) is 5.60. The standard InChI is InChI=1S/C24H16F2N8O2/c25-14-4-12(6-16(35)8-14)21-18-2-1-3-33(18)31-19(30-21)10-34-24-20(23(27)28-11-29-24)22(32-34)13-5-15(26)9-17(36)7-13/h1-9,11,35-36H,10H2,(H2,27,28,29). The molecule has 0 aliphatic carbocycles. The van der Waals surface area contributed by atoms with E-state index in [0.29, 0.717) is 33.6 Å². The molecule has 0 saturated carbocycles. The third kappa shape index (κ3) is 3.60. The van der Waals surface area contributed by atoms with E-state index >= 15 is 0 Å². The number of anilines is 1. The minimum atomic E-state index is -0.646. The zero-order valence-electron chi connectivity index (χ0n) is 18.3. The van der Waals surface area contributed by atoms with Gasteiger partial charge in [0.15, 0.2) is 11.5 Å². The van der Waals surface area contributed by atoms with Crippen molar-refractivity contribution in [2.45, 2.75) is 6.54 Å². The molecule has 0 saturated heterocycles. The molecule has 4 N–H and O–H groups in total. The lowest BCUT2D eigenvalue weighted by molar-refractivity contribution is 0.468. The third-order valence-corrected chi connectivity index (χ3v) is 5.60. The summed E-state index contributed by atoms with van der Waals surface area (Å²) in [7, 11) is 0. The Labute approximate surface area is 200 Å².